The van der Waals surface area contributed by atoms with Crippen LogP contribution in [0.2, 0.25) is 0 Å². The number of allylic oxidation sites excluding steroid dienone is 1. The summed E-state index contributed by atoms with van der Waals surface area (Å²) in [6, 6.07) is 10.3. The van der Waals surface area contributed by atoms with Crippen LogP contribution in [0.25, 0.3) is 0 Å². The van der Waals surface area contributed by atoms with Crippen molar-refractivity contribution in [3.05, 3.63) is 48.0 Å². The van der Waals surface area contributed by atoms with Crippen LogP contribution in [0, 0.1) is 5.92 Å². The monoisotopic (exact) mass is 382 g/mol. The van der Waals surface area contributed by atoms with E-state index in [1.165, 1.54) is 5.56 Å². The Hall–Kier alpha value is -0.680. The predicted molar refractivity (Wildman–Crippen MR) is 96.6 cm³/mol. The van der Waals surface area contributed by atoms with E-state index in [1.54, 1.807) is 0 Å². The van der Waals surface area contributed by atoms with Gasteiger partial charge >= 0.3 is 0 Å². The first-order valence-electron chi connectivity index (χ1n) is 8.38. The Morgan fingerprint density at radius 2 is 2.04 bits per heavy atom. The van der Waals surface area contributed by atoms with Gasteiger partial charge in [0.1, 0.15) is 0 Å². The first-order chi connectivity index (χ1) is 11.2. The van der Waals surface area contributed by atoms with Crippen LogP contribution in [0.3, 0.4) is 0 Å². The number of alkyl halides is 1. The molecule has 4 atom stereocenters. The number of benzene rings is 1. The maximum absolute atomic E-state index is 6.08. The second-order valence-electron chi connectivity index (χ2n) is 5.94. The van der Waals surface area contributed by atoms with E-state index in [2.05, 4.69) is 40.2 Å². The molecule has 0 bridgehead atoms. The summed E-state index contributed by atoms with van der Waals surface area (Å²) in [6.45, 7) is 6.13. The smallest absolute Gasteiger partial charge is 0.170 e. The summed E-state index contributed by atoms with van der Waals surface area (Å²) in [6.07, 6.45) is 6.28. The van der Waals surface area contributed by atoms with Gasteiger partial charge in [-0.1, -0.05) is 58.4 Å². The van der Waals surface area contributed by atoms with Crippen molar-refractivity contribution in [3.8, 4) is 0 Å². The summed E-state index contributed by atoms with van der Waals surface area (Å²) < 4.78 is 17.6. The molecule has 0 heterocycles. The molecular weight excluding hydrogens is 356 g/mol. The average molecular weight is 383 g/mol. The SMILES string of the molecule is CCOC(O[C@@H]1C=CC[C@@H](COCc2ccccc2)C1)C(C)Br. The summed E-state index contributed by atoms with van der Waals surface area (Å²) in [7, 11) is 0. The number of hydrogen-bond acceptors (Lipinski definition) is 3. The molecule has 2 unspecified atom stereocenters. The van der Waals surface area contributed by atoms with Gasteiger partial charge in [-0.3, -0.25) is 0 Å². The Balaban J connectivity index is 1.74. The largest absolute Gasteiger partial charge is 0.376 e. The lowest BCUT2D eigenvalue weighted by atomic mass is 9.93. The summed E-state index contributed by atoms with van der Waals surface area (Å²) in [5.41, 5.74) is 1.22. The standard InChI is InChI=1S/C19H27BrO3/c1-3-22-19(15(2)20)23-18-11-7-10-17(12-18)14-21-13-16-8-5-4-6-9-16/h4-9,11,15,17-19H,3,10,12-14H2,1-2H3/t15?,17-,18-,19?/m1/s1. The molecule has 1 aliphatic rings. The Labute approximate surface area is 148 Å². The van der Waals surface area contributed by atoms with Gasteiger partial charge in [-0.2, -0.15) is 0 Å². The van der Waals surface area contributed by atoms with Crippen molar-refractivity contribution in [3.63, 3.8) is 0 Å². The van der Waals surface area contributed by atoms with Gasteiger partial charge in [0.05, 0.1) is 24.1 Å². The maximum Gasteiger partial charge on any atom is 0.170 e. The fourth-order valence-electron chi connectivity index (χ4n) is 2.70. The van der Waals surface area contributed by atoms with E-state index < -0.39 is 0 Å². The third-order valence-electron chi connectivity index (χ3n) is 3.87. The van der Waals surface area contributed by atoms with Crippen molar-refractivity contribution in [2.24, 2.45) is 5.92 Å². The highest BCUT2D eigenvalue weighted by atomic mass is 79.9. The molecular formula is C19H27BrO3. The summed E-state index contributed by atoms with van der Waals surface area (Å²) >= 11 is 3.55. The molecule has 3 nitrogen and oxygen atoms in total. The van der Waals surface area contributed by atoms with Crippen LogP contribution < -0.4 is 0 Å². The second kappa shape index (κ2) is 10.2. The van der Waals surface area contributed by atoms with E-state index in [1.807, 2.05) is 32.0 Å². The quantitative estimate of drug-likeness (QED) is 0.351. The van der Waals surface area contributed by atoms with Crippen LogP contribution in [-0.4, -0.2) is 30.4 Å². The molecule has 0 aliphatic heterocycles. The zero-order chi connectivity index (χ0) is 16.5. The van der Waals surface area contributed by atoms with Crippen LogP contribution in [0.1, 0.15) is 32.3 Å². The third kappa shape index (κ3) is 6.76. The second-order valence-corrected chi connectivity index (χ2v) is 7.39. The molecule has 128 valence electrons. The van der Waals surface area contributed by atoms with Crippen molar-refractivity contribution >= 4 is 15.9 Å². The third-order valence-corrected chi connectivity index (χ3v) is 4.30. The van der Waals surface area contributed by atoms with Gasteiger partial charge in [0.2, 0.25) is 0 Å². The van der Waals surface area contributed by atoms with Crippen molar-refractivity contribution in [1.29, 1.82) is 0 Å². The lowest BCUT2D eigenvalue weighted by molar-refractivity contribution is -0.159. The van der Waals surface area contributed by atoms with Gasteiger partial charge < -0.3 is 14.2 Å². The van der Waals surface area contributed by atoms with Gasteiger partial charge in [0.25, 0.3) is 0 Å². The fraction of sp³-hybridized carbons (Fsp3) is 0.579. The van der Waals surface area contributed by atoms with Crippen LogP contribution in [0.15, 0.2) is 42.5 Å². The molecule has 0 amide bonds. The van der Waals surface area contributed by atoms with Gasteiger partial charge in [-0.05, 0) is 38.2 Å². The molecule has 1 aromatic carbocycles. The van der Waals surface area contributed by atoms with E-state index in [9.17, 15) is 0 Å². The highest BCUT2D eigenvalue weighted by Crippen LogP contribution is 2.24. The fourth-order valence-corrected chi connectivity index (χ4v) is 2.97. The van der Waals surface area contributed by atoms with Crippen LogP contribution in [0.4, 0.5) is 0 Å². The summed E-state index contributed by atoms with van der Waals surface area (Å²) in [4.78, 5) is 0.172. The van der Waals surface area contributed by atoms with Crippen LogP contribution in [0.5, 0.6) is 0 Å². The van der Waals surface area contributed by atoms with Crippen molar-refractivity contribution in [2.45, 2.75) is 50.5 Å². The van der Waals surface area contributed by atoms with Gasteiger partial charge in [0.15, 0.2) is 6.29 Å². The molecule has 0 saturated carbocycles. The molecule has 0 N–H and O–H groups in total. The van der Waals surface area contributed by atoms with E-state index >= 15 is 0 Å². The van der Waals surface area contributed by atoms with E-state index in [0.29, 0.717) is 19.1 Å². The predicted octanol–water partition coefficient (Wildman–Crippen LogP) is 4.70. The van der Waals surface area contributed by atoms with Gasteiger partial charge in [-0.25, -0.2) is 0 Å². The van der Waals surface area contributed by atoms with Gasteiger partial charge in [0, 0.05) is 6.61 Å². The van der Waals surface area contributed by atoms with Crippen molar-refractivity contribution in [2.75, 3.05) is 13.2 Å². The Morgan fingerprint density at radius 1 is 1.26 bits per heavy atom. The molecule has 4 heteroatoms. The highest BCUT2D eigenvalue weighted by Gasteiger charge is 2.24. The molecule has 0 saturated heterocycles. The molecule has 1 aliphatic carbocycles. The van der Waals surface area contributed by atoms with E-state index in [0.717, 1.165) is 19.4 Å². The minimum Gasteiger partial charge on any atom is -0.376 e. The molecule has 2 rings (SSSR count). The highest BCUT2D eigenvalue weighted by molar-refractivity contribution is 9.09. The number of rotatable bonds is 9. The lowest BCUT2D eigenvalue weighted by Gasteiger charge is -2.29. The van der Waals surface area contributed by atoms with Crippen molar-refractivity contribution in [1.82, 2.24) is 0 Å². The summed E-state index contributed by atoms with van der Waals surface area (Å²) in [5.74, 6) is 0.502. The maximum atomic E-state index is 6.08. The Kier molecular flexibility index (Phi) is 8.31. The Bertz CT molecular complexity index is 461. The molecule has 0 spiro atoms. The molecule has 0 fully saturated rings. The average Bonchev–Trinajstić information content (AvgIpc) is 2.56. The van der Waals surface area contributed by atoms with Gasteiger partial charge in [-0.15, -0.1) is 0 Å². The molecule has 0 radical (unpaired) electrons. The number of ether oxygens (including phenoxy) is 3. The van der Waals surface area contributed by atoms with E-state index in [-0.39, 0.29) is 17.2 Å². The zero-order valence-corrected chi connectivity index (χ0v) is 15.6. The number of hydrogen-bond donors (Lipinski definition) is 0. The topological polar surface area (TPSA) is 27.7 Å². The lowest BCUT2D eigenvalue weighted by Crippen LogP contribution is -2.32. The first-order valence-corrected chi connectivity index (χ1v) is 9.30. The summed E-state index contributed by atoms with van der Waals surface area (Å²) in [5, 5.41) is 0. The molecule has 0 aromatic heterocycles. The normalized spacial score (nSPS) is 23.6. The zero-order valence-electron chi connectivity index (χ0n) is 14.0. The minimum atomic E-state index is -0.210. The van der Waals surface area contributed by atoms with Crippen LogP contribution in [-0.2, 0) is 20.8 Å². The van der Waals surface area contributed by atoms with Crippen LogP contribution >= 0.6 is 15.9 Å². The van der Waals surface area contributed by atoms with E-state index in [4.69, 9.17) is 14.2 Å². The van der Waals surface area contributed by atoms with Crippen molar-refractivity contribution < 1.29 is 14.2 Å². The number of halogens is 1. The first kappa shape index (κ1) is 18.7. The Morgan fingerprint density at radius 3 is 2.74 bits per heavy atom. The molecule has 23 heavy (non-hydrogen) atoms. The minimum absolute atomic E-state index is 0.102. The molecule has 1 aromatic rings.